The summed E-state index contributed by atoms with van der Waals surface area (Å²) in [6.45, 7) is 5.03. The van der Waals surface area contributed by atoms with Crippen LogP contribution in [0.3, 0.4) is 0 Å². The monoisotopic (exact) mass is 364 g/mol. The Bertz CT molecular complexity index is 994. The standard InChI is InChI=1S/C21H20N2O4/c1-13-3-4-14(2)17(9-13)22-21(24)12-16-11-19(27-23-16)15-5-6-18-20(10-15)26-8-7-25-18/h3-6,9-11H,7-8,12H2,1-2H3,(H,22,24). The average molecular weight is 364 g/mol. The lowest BCUT2D eigenvalue weighted by molar-refractivity contribution is -0.115. The molecule has 0 bridgehead atoms. The highest BCUT2D eigenvalue weighted by atomic mass is 16.6. The molecule has 1 N–H and O–H groups in total. The van der Waals surface area contributed by atoms with Crippen LogP contribution in [0, 0.1) is 13.8 Å². The van der Waals surface area contributed by atoms with Crippen LogP contribution in [0.15, 0.2) is 47.0 Å². The fourth-order valence-corrected chi connectivity index (χ4v) is 2.96. The summed E-state index contributed by atoms with van der Waals surface area (Å²) in [5.74, 6) is 1.86. The van der Waals surface area contributed by atoms with Gasteiger partial charge in [-0.25, -0.2) is 0 Å². The molecule has 27 heavy (non-hydrogen) atoms. The molecule has 1 amide bonds. The number of hydrogen-bond donors (Lipinski definition) is 1. The maximum atomic E-state index is 12.4. The highest BCUT2D eigenvalue weighted by Crippen LogP contribution is 2.34. The SMILES string of the molecule is Cc1ccc(C)c(NC(=O)Cc2cc(-c3ccc4c(c3)OCCO4)on2)c1. The number of fused-ring (bicyclic) bond motifs is 1. The van der Waals surface area contributed by atoms with Crippen LogP contribution in [-0.2, 0) is 11.2 Å². The number of nitrogens with one attached hydrogen (secondary N) is 1. The predicted molar refractivity (Wildman–Crippen MR) is 101 cm³/mol. The van der Waals surface area contributed by atoms with Crippen molar-refractivity contribution in [3.8, 4) is 22.8 Å². The minimum absolute atomic E-state index is 0.134. The van der Waals surface area contributed by atoms with Gasteiger partial charge in [0.25, 0.3) is 0 Å². The molecule has 0 spiro atoms. The van der Waals surface area contributed by atoms with Crippen molar-refractivity contribution in [2.24, 2.45) is 0 Å². The van der Waals surface area contributed by atoms with E-state index in [2.05, 4.69) is 10.5 Å². The van der Waals surface area contributed by atoms with Crippen LogP contribution < -0.4 is 14.8 Å². The first-order valence-corrected chi connectivity index (χ1v) is 8.81. The number of rotatable bonds is 4. The molecule has 0 radical (unpaired) electrons. The van der Waals surface area contributed by atoms with E-state index in [0.29, 0.717) is 30.4 Å². The van der Waals surface area contributed by atoms with Crippen molar-refractivity contribution in [2.75, 3.05) is 18.5 Å². The Hall–Kier alpha value is -3.28. The van der Waals surface area contributed by atoms with E-state index in [1.807, 2.05) is 50.2 Å². The van der Waals surface area contributed by atoms with Crippen molar-refractivity contribution in [3.05, 3.63) is 59.3 Å². The molecular formula is C21H20N2O4. The van der Waals surface area contributed by atoms with Gasteiger partial charge in [0, 0.05) is 17.3 Å². The van der Waals surface area contributed by atoms with Crippen molar-refractivity contribution in [1.29, 1.82) is 0 Å². The van der Waals surface area contributed by atoms with Crippen molar-refractivity contribution in [2.45, 2.75) is 20.3 Å². The van der Waals surface area contributed by atoms with Crippen molar-refractivity contribution >= 4 is 11.6 Å². The summed E-state index contributed by atoms with van der Waals surface area (Å²) in [5.41, 5.74) is 4.33. The Labute approximate surface area is 157 Å². The van der Waals surface area contributed by atoms with Crippen LogP contribution in [0.5, 0.6) is 11.5 Å². The van der Waals surface area contributed by atoms with Crippen LogP contribution >= 0.6 is 0 Å². The molecule has 0 aliphatic carbocycles. The number of carbonyl (C=O) groups is 1. The normalized spacial score (nSPS) is 12.7. The van der Waals surface area contributed by atoms with Crippen molar-refractivity contribution in [3.63, 3.8) is 0 Å². The number of anilines is 1. The molecule has 0 saturated carbocycles. The summed E-state index contributed by atoms with van der Waals surface area (Å²) in [6.07, 6.45) is 0.140. The molecule has 0 saturated heterocycles. The number of amides is 1. The van der Waals surface area contributed by atoms with Gasteiger partial charge in [-0.3, -0.25) is 4.79 Å². The van der Waals surface area contributed by atoms with E-state index in [4.69, 9.17) is 14.0 Å². The van der Waals surface area contributed by atoms with E-state index < -0.39 is 0 Å². The number of hydrogen-bond acceptors (Lipinski definition) is 5. The van der Waals surface area contributed by atoms with Gasteiger partial charge in [0.05, 0.1) is 12.1 Å². The van der Waals surface area contributed by atoms with Gasteiger partial charge in [0.2, 0.25) is 5.91 Å². The number of nitrogens with zero attached hydrogens (tertiary/aromatic N) is 1. The second kappa shape index (κ2) is 7.15. The number of ether oxygens (including phenoxy) is 2. The summed E-state index contributed by atoms with van der Waals surface area (Å²) in [6, 6.07) is 13.3. The minimum atomic E-state index is -0.134. The van der Waals surface area contributed by atoms with Gasteiger partial charge < -0.3 is 19.3 Å². The summed E-state index contributed by atoms with van der Waals surface area (Å²) in [7, 11) is 0. The zero-order chi connectivity index (χ0) is 18.8. The van der Waals surface area contributed by atoms with Crippen LogP contribution in [0.1, 0.15) is 16.8 Å². The largest absolute Gasteiger partial charge is 0.486 e. The fraction of sp³-hybridized carbons (Fsp3) is 0.238. The smallest absolute Gasteiger partial charge is 0.230 e. The molecule has 0 fully saturated rings. The third-order valence-corrected chi connectivity index (χ3v) is 4.39. The summed E-state index contributed by atoms with van der Waals surface area (Å²) < 4.78 is 16.5. The number of benzene rings is 2. The van der Waals surface area contributed by atoms with E-state index in [9.17, 15) is 4.79 Å². The quantitative estimate of drug-likeness (QED) is 0.760. The van der Waals surface area contributed by atoms with E-state index >= 15 is 0 Å². The van der Waals surface area contributed by atoms with Gasteiger partial charge in [-0.2, -0.15) is 0 Å². The van der Waals surface area contributed by atoms with Crippen molar-refractivity contribution in [1.82, 2.24) is 5.16 Å². The van der Waals surface area contributed by atoms with Gasteiger partial charge in [-0.1, -0.05) is 17.3 Å². The van der Waals surface area contributed by atoms with E-state index in [1.165, 1.54) is 0 Å². The lowest BCUT2D eigenvalue weighted by Gasteiger charge is -2.18. The van der Waals surface area contributed by atoms with Gasteiger partial charge in [0.15, 0.2) is 17.3 Å². The van der Waals surface area contributed by atoms with Crippen LogP contribution in [0.25, 0.3) is 11.3 Å². The number of carbonyl (C=O) groups excluding carboxylic acids is 1. The lowest BCUT2D eigenvalue weighted by Crippen LogP contribution is -2.15. The second-order valence-corrected chi connectivity index (χ2v) is 6.58. The summed E-state index contributed by atoms with van der Waals surface area (Å²) in [5, 5.41) is 6.95. The Kier molecular flexibility index (Phi) is 4.54. The van der Waals surface area contributed by atoms with E-state index in [-0.39, 0.29) is 12.3 Å². The minimum Gasteiger partial charge on any atom is -0.486 e. The summed E-state index contributed by atoms with van der Waals surface area (Å²) >= 11 is 0. The number of aromatic nitrogens is 1. The molecule has 1 aliphatic rings. The zero-order valence-corrected chi connectivity index (χ0v) is 15.2. The van der Waals surface area contributed by atoms with Gasteiger partial charge in [-0.05, 0) is 49.2 Å². The molecule has 6 heteroatoms. The Morgan fingerprint density at radius 1 is 1.04 bits per heavy atom. The van der Waals surface area contributed by atoms with Gasteiger partial charge in [0.1, 0.15) is 13.2 Å². The maximum Gasteiger partial charge on any atom is 0.230 e. The highest BCUT2D eigenvalue weighted by Gasteiger charge is 2.16. The molecule has 2 heterocycles. The molecule has 4 rings (SSSR count). The fourth-order valence-electron chi connectivity index (χ4n) is 2.96. The van der Waals surface area contributed by atoms with Gasteiger partial charge in [-0.15, -0.1) is 0 Å². The highest BCUT2D eigenvalue weighted by molar-refractivity contribution is 5.93. The van der Waals surface area contributed by atoms with Crippen LogP contribution in [0.4, 0.5) is 5.69 Å². The first-order chi connectivity index (χ1) is 13.1. The van der Waals surface area contributed by atoms with E-state index in [1.54, 1.807) is 6.07 Å². The third-order valence-electron chi connectivity index (χ3n) is 4.39. The van der Waals surface area contributed by atoms with Gasteiger partial charge >= 0.3 is 0 Å². The Morgan fingerprint density at radius 3 is 2.70 bits per heavy atom. The molecule has 2 aromatic carbocycles. The lowest BCUT2D eigenvalue weighted by atomic mass is 10.1. The van der Waals surface area contributed by atoms with Crippen molar-refractivity contribution < 1.29 is 18.8 Å². The molecule has 3 aromatic rings. The molecule has 1 aromatic heterocycles. The zero-order valence-electron chi connectivity index (χ0n) is 15.2. The predicted octanol–water partition coefficient (Wildman–Crippen LogP) is 3.91. The molecular weight excluding hydrogens is 344 g/mol. The first-order valence-electron chi connectivity index (χ1n) is 8.81. The molecule has 138 valence electrons. The summed E-state index contributed by atoms with van der Waals surface area (Å²) in [4.78, 5) is 12.4. The maximum absolute atomic E-state index is 12.4. The molecule has 0 atom stereocenters. The number of aryl methyl sites for hydroxylation is 2. The Morgan fingerprint density at radius 2 is 1.85 bits per heavy atom. The van der Waals surface area contributed by atoms with E-state index in [0.717, 1.165) is 28.1 Å². The molecule has 6 nitrogen and oxygen atoms in total. The first kappa shape index (κ1) is 17.1. The molecule has 1 aliphatic heterocycles. The Balaban J connectivity index is 1.46. The van der Waals surface area contributed by atoms with Crippen LogP contribution in [-0.4, -0.2) is 24.3 Å². The topological polar surface area (TPSA) is 73.6 Å². The van der Waals surface area contributed by atoms with Crippen LogP contribution in [0.2, 0.25) is 0 Å². The third kappa shape index (κ3) is 3.79. The molecule has 0 unspecified atom stereocenters. The second-order valence-electron chi connectivity index (χ2n) is 6.58. The average Bonchev–Trinajstić information content (AvgIpc) is 3.12.